The fraction of sp³-hybridized carbons (Fsp3) is 0.382. The molecule has 2 saturated heterocycles. The Labute approximate surface area is 247 Å². The number of alkyl carbamates (subject to hydrolysis) is 1. The molecule has 42 heavy (non-hydrogen) atoms. The molecule has 8 nitrogen and oxygen atoms in total. The summed E-state index contributed by atoms with van der Waals surface area (Å²) in [4.78, 5) is 14.4. The van der Waals surface area contributed by atoms with Crippen molar-refractivity contribution in [1.82, 2.24) is 10.2 Å². The van der Waals surface area contributed by atoms with E-state index in [0.717, 1.165) is 66.2 Å². The van der Waals surface area contributed by atoms with Gasteiger partial charge in [-0.15, -0.1) is 0 Å². The number of morpholine rings is 1. The van der Waals surface area contributed by atoms with E-state index in [-0.39, 0.29) is 31.3 Å². The van der Waals surface area contributed by atoms with Crippen LogP contribution in [0.2, 0.25) is 0 Å². The summed E-state index contributed by atoms with van der Waals surface area (Å²) >= 11 is 0. The van der Waals surface area contributed by atoms with E-state index < -0.39 is 12.4 Å². The number of rotatable bonds is 10. The van der Waals surface area contributed by atoms with Crippen LogP contribution < -0.4 is 5.32 Å². The van der Waals surface area contributed by atoms with E-state index in [9.17, 15) is 9.90 Å². The van der Waals surface area contributed by atoms with Crippen molar-refractivity contribution < 1.29 is 28.8 Å². The van der Waals surface area contributed by atoms with Crippen LogP contribution in [0.3, 0.4) is 0 Å². The molecule has 222 valence electrons. The molecule has 0 unspecified atom stereocenters. The fourth-order valence-electron chi connectivity index (χ4n) is 5.50. The van der Waals surface area contributed by atoms with Gasteiger partial charge in [0.05, 0.1) is 32.0 Å². The molecule has 0 saturated carbocycles. The van der Waals surface area contributed by atoms with Crippen LogP contribution in [-0.4, -0.2) is 61.7 Å². The van der Waals surface area contributed by atoms with E-state index in [1.165, 1.54) is 6.08 Å². The molecule has 0 spiro atoms. The first-order valence-electron chi connectivity index (χ1n) is 14.6. The molecule has 4 atom stereocenters. The van der Waals surface area contributed by atoms with E-state index in [1.54, 1.807) is 0 Å². The largest absolute Gasteiger partial charge is 0.445 e. The van der Waals surface area contributed by atoms with Gasteiger partial charge < -0.3 is 29.4 Å². The minimum Gasteiger partial charge on any atom is -0.445 e. The number of benzene rings is 3. The average molecular weight is 573 g/mol. The third kappa shape index (κ3) is 7.45. The SMILES string of the molecule is C=CCOC(=O)NCc1ccccc1-c1ccc([C@@H]2O[C@H](CN3CCOCC3)[C@H](C)[C@H](c3ccc(CO)cc3)O2)cc1. The van der Waals surface area contributed by atoms with E-state index in [0.29, 0.717) is 6.54 Å². The van der Waals surface area contributed by atoms with Gasteiger partial charge in [0.15, 0.2) is 6.29 Å². The minimum absolute atomic E-state index is 0.0116. The van der Waals surface area contributed by atoms with Crippen molar-refractivity contribution in [2.75, 3.05) is 39.5 Å². The highest BCUT2D eigenvalue weighted by molar-refractivity contribution is 5.70. The molecule has 8 heteroatoms. The van der Waals surface area contributed by atoms with Crippen LogP contribution in [0.25, 0.3) is 11.1 Å². The zero-order valence-corrected chi connectivity index (χ0v) is 24.1. The van der Waals surface area contributed by atoms with Gasteiger partial charge in [0, 0.05) is 37.7 Å². The van der Waals surface area contributed by atoms with Crippen LogP contribution in [0, 0.1) is 5.92 Å². The number of nitrogens with zero attached hydrogens (tertiary/aromatic N) is 1. The summed E-state index contributed by atoms with van der Waals surface area (Å²) in [6.45, 7) is 10.4. The van der Waals surface area contributed by atoms with Gasteiger partial charge in [0.25, 0.3) is 0 Å². The van der Waals surface area contributed by atoms with Crippen LogP contribution >= 0.6 is 0 Å². The molecule has 2 fully saturated rings. The maximum Gasteiger partial charge on any atom is 0.407 e. The molecule has 3 aromatic rings. The smallest absolute Gasteiger partial charge is 0.407 e. The molecule has 2 heterocycles. The molecule has 3 aromatic carbocycles. The van der Waals surface area contributed by atoms with Gasteiger partial charge in [-0.1, -0.05) is 92.4 Å². The number of hydrogen-bond donors (Lipinski definition) is 2. The maximum atomic E-state index is 11.9. The van der Waals surface area contributed by atoms with Crippen LogP contribution in [0.15, 0.2) is 85.5 Å². The highest BCUT2D eigenvalue weighted by Gasteiger charge is 2.39. The molecule has 0 aliphatic carbocycles. The van der Waals surface area contributed by atoms with E-state index in [1.807, 2.05) is 48.5 Å². The van der Waals surface area contributed by atoms with E-state index in [2.05, 4.69) is 48.0 Å². The standard InChI is InChI=1S/C34H40N2O6/c1-3-18-40-34(38)35-21-29-6-4-5-7-30(29)26-12-14-28(15-13-26)33-41-31(22-36-16-19-39-20-17-36)24(2)32(42-33)27-10-8-25(23-37)9-11-27/h3-15,24,31-33,37H,1,16-23H2,2H3,(H,35,38)/t24-,31+,32+,33+/m0/s1. The van der Waals surface area contributed by atoms with Crippen molar-refractivity contribution in [3.8, 4) is 11.1 Å². The lowest BCUT2D eigenvalue weighted by Gasteiger charge is -2.43. The highest BCUT2D eigenvalue weighted by atomic mass is 16.7. The fourth-order valence-corrected chi connectivity index (χ4v) is 5.50. The summed E-state index contributed by atoms with van der Waals surface area (Å²) < 4.78 is 23.9. The van der Waals surface area contributed by atoms with Crippen molar-refractivity contribution in [1.29, 1.82) is 0 Å². The molecule has 0 aromatic heterocycles. The van der Waals surface area contributed by atoms with Crippen molar-refractivity contribution in [3.05, 3.63) is 108 Å². The number of nitrogens with one attached hydrogen (secondary N) is 1. The first-order chi connectivity index (χ1) is 20.6. The highest BCUT2D eigenvalue weighted by Crippen LogP contribution is 2.42. The van der Waals surface area contributed by atoms with Crippen molar-refractivity contribution in [2.24, 2.45) is 5.92 Å². The van der Waals surface area contributed by atoms with Crippen LogP contribution in [0.5, 0.6) is 0 Å². The normalized spacial score (nSPS) is 22.8. The second-order valence-electron chi connectivity index (χ2n) is 10.8. The van der Waals surface area contributed by atoms with Gasteiger partial charge in [-0.25, -0.2) is 4.79 Å². The molecule has 2 aliphatic heterocycles. The topological polar surface area (TPSA) is 89.5 Å². The third-order valence-corrected chi connectivity index (χ3v) is 7.93. The monoisotopic (exact) mass is 572 g/mol. The van der Waals surface area contributed by atoms with E-state index >= 15 is 0 Å². The van der Waals surface area contributed by atoms with Gasteiger partial charge in [-0.3, -0.25) is 4.90 Å². The van der Waals surface area contributed by atoms with Crippen molar-refractivity contribution in [2.45, 2.75) is 38.6 Å². The number of carbonyl (C=O) groups excluding carboxylic acids is 1. The summed E-state index contributed by atoms with van der Waals surface area (Å²) in [6, 6.07) is 24.2. The van der Waals surface area contributed by atoms with Gasteiger partial charge in [0.1, 0.15) is 6.61 Å². The molecule has 0 bridgehead atoms. The third-order valence-electron chi connectivity index (χ3n) is 7.93. The predicted molar refractivity (Wildman–Crippen MR) is 160 cm³/mol. The van der Waals surface area contributed by atoms with Gasteiger partial charge >= 0.3 is 6.09 Å². The van der Waals surface area contributed by atoms with Gasteiger partial charge in [0.2, 0.25) is 0 Å². The number of carbonyl (C=O) groups is 1. The summed E-state index contributed by atoms with van der Waals surface area (Å²) in [7, 11) is 0. The Morgan fingerprint density at radius 1 is 1.02 bits per heavy atom. The lowest BCUT2D eigenvalue weighted by Crippen LogP contribution is -2.47. The summed E-state index contributed by atoms with van der Waals surface area (Å²) in [6.07, 6.45) is 0.343. The zero-order chi connectivity index (χ0) is 29.3. The Morgan fingerprint density at radius 2 is 1.74 bits per heavy atom. The van der Waals surface area contributed by atoms with Crippen molar-refractivity contribution in [3.63, 3.8) is 0 Å². The molecule has 2 aliphatic rings. The Hall–Kier alpha value is -3.53. The second kappa shape index (κ2) is 14.6. The van der Waals surface area contributed by atoms with E-state index in [4.69, 9.17) is 18.9 Å². The first-order valence-corrected chi connectivity index (χ1v) is 14.6. The van der Waals surface area contributed by atoms with Gasteiger partial charge in [-0.05, 0) is 27.8 Å². The lowest BCUT2D eigenvalue weighted by molar-refractivity contribution is -0.277. The molecular weight excluding hydrogens is 532 g/mol. The summed E-state index contributed by atoms with van der Waals surface area (Å²) in [5.41, 5.74) is 5.93. The number of hydrogen-bond acceptors (Lipinski definition) is 7. The number of amides is 1. The zero-order valence-electron chi connectivity index (χ0n) is 24.1. The molecular formula is C34H40N2O6. The predicted octanol–water partition coefficient (Wildman–Crippen LogP) is 5.38. The van der Waals surface area contributed by atoms with Gasteiger partial charge in [-0.2, -0.15) is 0 Å². The number of aliphatic hydroxyl groups is 1. The average Bonchev–Trinajstić information content (AvgIpc) is 3.04. The molecule has 5 rings (SSSR count). The Kier molecular flexibility index (Phi) is 10.4. The first kappa shape index (κ1) is 29.9. The second-order valence-corrected chi connectivity index (χ2v) is 10.8. The Morgan fingerprint density at radius 3 is 2.45 bits per heavy atom. The maximum absolute atomic E-state index is 11.9. The van der Waals surface area contributed by atoms with Crippen LogP contribution in [0.4, 0.5) is 4.79 Å². The molecule has 2 N–H and O–H groups in total. The molecule has 0 radical (unpaired) electrons. The quantitative estimate of drug-likeness (QED) is 0.315. The summed E-state index contributed by atoms with van der Waals surface area (Å²) in [5.74, 6) is 0.126. The minimum atomic E-state index is -0.527. The molecule has 1 amide bonds. The number of aliphatic hydroxyl groups excluding tert-OH is 1. The Bertz CT molecular complexity index is 1310. The van der Waals surface area contributed by atoms with Crippen molar-refractivity contribution >= 4 is 6.09 Å². The number of ether oxygens (including phenoxy) is 4. The Balaban J connectivity index is 1.35. The lowest BCUT2D eigenvalue weighted by atomic mass is 9.90. The summed E-state index contributed by atoms with van der Waals surface area (Å²) in [5, 5.41) is 12.3. The van der Waals surface area contributed by atoms with Crippen LogP contribution in [0.1, 0.15) is 41.6 Å². The van der Waals surface area contributed by atoms with Crippen LogP contribution in [-0.2, 0) is 32.1 Å².